The van der Waals surface area contributed by atoms with Gasteiger partial charge >= 0.3 is 0 Å². The first-order valence-electron chi connectivity index (χ1n) is 9.04. The van der Waals surface area contributed by atoms with E-state index in [0.717, 1.165) is 12.8 Å². The summed E-state index contributed by atoms with van der Waals surface area (Å²) in [5.74, 6) is 0.839. The quantitative estimate of drug-likeness (QED) is 0.636. The predicted octanol–water partition coefficient (Wildman–Crippen LogP) is 3.34. The Hall–Kier alpha value is -3.27. The van der Waals surface area contributed by atoms with Crippen LogP contribution in [-0.4, -0.2) is 37.4 Å². The smallest absolute Gasteiger partial charge is 0.252 e. The van der Waals surface area contributed by atoms with Gasteiger partial charge in [-0.2, -0.15) is 0 Å². The molecule has 0 bridgehead atoms. The Balaban J connectivity index is 0.00000205. The molecular weight excluding hydrogens is 381 g/mol. The molecule has 0 saturated heterocycles. The van der Waals surface area contributed by atoms with Gasteiger partial charge in [0, 0.05) is 25.1 Å². The minimum atomic E-state index is -1.46. The van der Waals surface area contributed by atoms with Crippen molar-refractivity contribution in [2.75, 3.05) is 0 Å². The molecule has 0 aliphatic heterocycles. The lowest BCUT2D eigenvalue weighted by Gasteiger charge is -2.41. The van der Waals surface area contributed by atoms with Crippen LogP contribution in [0.25, 0.3) is 11.5 Å². The SMILES string of the molecule is N.Oc1cc(-c2cnc(O[C@H]3C[C@](F)(c4ccnc(OC5CC5)c4)C3)cn2)on1. The molecule has 5 rings (SSSR count). The van der Waals surface area contributed by atoms with Gasteiger partial charge in [-0.25, -0.2) is 19.3 Å². The van der Waals surface area contributed by atoms with Gasteiger partial charge in [0.2, 0.25) is 11.8 Å². The molecule has 3 aromatic rings. The summed E-state index contributed by atoms with van der Waals surface area (Å²) in [6.07, 6.45) is 6.88. The van der Waals surface area contributed by atoms with Gasteiger partial charge < -0.3 is 25.3 Å². The van der Waals surface area contributed by atoms with Gasteiger partial charge in [-0.05, 0) is 29.6 Å². The molecule has 0 radical (unpaired) electrons. The first-order valence-corrected chi connectivity index (χ1v) is 9.04. The summed E-state index contributed by atoms with van der Waals surface area (Å²) in [6, 6.07) is 4.69. The zero-order chi connectivity index (χ0) is 19.1. The van der Waals surface area contributed by atoms with E-state index in [1.165, 1.54) is 18.5 Å². The van der Waals surface area contributed by atoms with Crippen molar-refractivity contribution in [2.45, 2.75) is 43.6 Å². The summed E-state index contributed by atoms with van der Waals surface area (Å²) >= 11 is 0. The highest BCUT2D eigenvalue weighted by molar-refractivity contribution is 5.51. The first kappa shape index (κ1) is 19.1. The number of aromatic hydroxyl groups is 1. The molecule has 152 valence electrons. The number of halogens is 1. The molecule has 2 aliphatic rings. The Kier molecular flexibility index (Phi) is 4.79. The summed E-state index contributed by atoms with van der Waals surface area (Å²) < 4.78 is 31.4. The molecule has 2 aliphatic carbocycles. The zero-order valence-corrected chi connectivity index (χ0v) is 15.5. The molecule has 10 heteroatoms. The molecule has 3 heterocycles. The second kappa shape index (κ2) is 7.28. The minimum Gasteiger partial charge on any atom is -0.491 e. The molecule has 0 spiro atoms. The summed E-state index contributed by atoms with van der Waals surface area (Å²) in [7, 11) is 0. The second-order valence-corrected chi connectivity index (χ2v) is 7.10. The van der Waals surface area contributed by atoms with Crippen molar-refractivity contribution < 1.29 is 23.5 Å². The highest BCUT2D eigenvalue weighted by Gasteiger charge is 2.48. The summed E-state index contributed by atoms with van der Waals surface area (Å²) in [5.41, 5.74) is -0.488. The van der Waals surface area contributed by atoms with Crippen LogP contribution >= 0.6 is 0 Å². The van der Waals surface area contributed by atoms with Crippen LogP contribution in [0.15, 0.2) is 41.3 Å². The zero-order valence-electron chi connectivity index (χ0n) is 15.5. The predicted molar refractivity (Wildman–Crippen MR) is 98.5 cm³/mol. The van der Waals surface area contributed by atoms with E-state index in [4.69, 9.17) is 14.0 Å². The Morgan fingerprint density at radius 3 is 2.48 bits per heavy atom. The van der Waals surface area contributed by atoms with Gasteiger partial charge in [-0.3, -0.25) is 0 Å². The van der Waals surface area contributed by atoms with E-state index >= 15 is 4.39 Å². The van der Waals surface area contributed by atoms with E-state index < -0.39 is 5.67 Å². The number of hydrogen-bond acceptors (Lipinski definition) is 9. The summed E-state index contributed by atoms with van der Waals surface area (Å²) in [6.45, 7) is 0. The Bertz CT molecular complexity index is 986. The van der Waals surface area contributed by atoms with Crippen molar-refractivity contribution in [1.82, 2.24) is 26.3 Å². The third-order valence-electron chi connectivity index (χ3n) is 4.83. The Labute approximate surface area is 165 Å². The van der Waals surface area contributed by atoms with E-state index in [-0.39, 0.29) is 37.1 Å². The van der Waals surface area contributed by atoms with Crippen molar-refractivity contribution in [1.29, 1.82) is 0 Å². The maximum absolute atomic E-state index is 15.2. The largest absolute Gasteiger partial charge is 0.491 e. The lowest BCUT2D eigenvalue weighted by Crippen LogP contribution is -2.44. The molecule has 2 fully saturated rings. The van der Waals surface area contributed by atoms with Crippen LogP contribution in [0.4, 0.5) is 4.39 Å². The van der Waals surface area contributed by atoms with E-state index in [1.54, 1.807) is 18.3 Å². The molecule has 0 atom stereocenters. The first-order chi connectivity index (χ1) is 13.6. The number of rotatable bonds is 6. The van der Waals surface area contributed by atoms with Crippen molar-refractivity contribution >= 4 is 0 Å². The summed E-state index contributed by atoms with van der Waals surface area (Å²) in [4.78, 5) is 12.5. The molecule has 0 aromatic carbocycles. The maximum Gasteiger partial charge on any atom is 0.252 e. The molecular formula is C19H20FN5O4. The van der Waals surface area contributed by atoms with Crippen LogP contribution in [0.3, 0.4) is 0 Å². The lowest BCUT2D eigenvalue weighted by molar-refractivity contribution is -0.0489. The van der Waals surface area contributed by atoms with E-state index in [0.29, 0.717) is 28.8 Å². The van der Waals surface area contributed by atoms with Crippen LogP contribution in [-0.2, 0) is 5.67 Å². The Morgan fingerprint density at radius 2 is 1.83 bits per heavy atom. The topological polar surface area (TPSA) is 138 Å². The fourth-order valence-electron chi connectivity index (χ4n) is 3.15. The van der Waals surface area contributed by atoms with Crippen LogP contribution in [0.1, 0.15) is 31.2 Å². The van der Waals surface area contributed by atoms with Crippen LogP contribution in [0, 0.1) is 0 Å². The molecule has 2 saturated carbocycles. The van der Waals surface area contributed by atoms with Gasteiger partial charge in [0.25, 0.3) is 5.88 Å². The Morgan fingerprint density at radius 1 is 1.03 bits per heavy atom. The van der Waals surface area contributed by atoms with Crippen LogP contribution in [0.5, 0.6) is 17.6 Å². The fourth-order valence-corrected chi connectivity index (χ4v) is 3.15. The average molecular weight is 401 g/mol. The van der Waals surface area contributed by atoms with Crippen molar-refractivity contribution in [3.63, 3.8) is 0 Å². The van der Waals surface area contributed by atoms with E-state index in [1.807, 2.05) is 0 Å². The summed E-state index contributed by atoms with van der Waals surface area (Å²) in [5, 5.41) is 12.6. The fraction of sp³-hybridized carbons (Fsp3) is 0.368. The van der Waals surface area contributed by atoms with Gasteiger partial charge in [-0.15, -0.1) is 0 Å². The minimum absolute atomic E-state index is 0. The van der Waals surface area contributed by atoms with Crippen molar-refractivity contribution in [3.8, 4) is 29.1 Å². The molecule has 0 unspecified atom stereocenters. The number of nitrogens with zero attached hydrogens (tertiary/aromatic N) is 4. The van der Waals surface area contributed by atoms with Crippen LogP contribution < -0.4 is 15.6 Å². The van der Waals surface area contributed by atoms with Gasteiger partial charge in [0.1, 0.15) is 23.6 Å². The van der Waals surface area contributed by atoms with Gasteiger partial charge in [-0.1, -0.05) is 0 Å². The number of alkyl halides is 1. The number of pyridine rings is 1. The standard InChI is InChI=1S/C19H17FN4O4.H3N/c20-19(11-3-4-21-17(5-11)26-12-1-2-12)7-13(8-19)27-18-10-22-14(9-23-18)15-6-16(25)24-28-15;/h3-6,9-10,12-13H,1-2,7-8H2,(H,24,25);1H3/t13-,19+;. The molecule has 3 aromatic heterocycles. The molecule has 4 N–H and O–H groups in total. The highest BCUT2D eigenvalue weighted by Crippen LogP contribution is 2.47. The van der Waals surface area contributed by atoms with Crippen molar-refractivity contribution in [3.05, 3.63) is 42.4 Å². The normalized spacial score (nSPS) is 23.0. The number of ether oxygens (including phenoxy) is 2. The molecule has 29 heavy (non-hydrogen) atoms. The molecule has 9 nitrogen and oxygen atoms in total. The van der Waals surface area contributed by atoms with Crippen molar-refractivity contribution in [2.24, 2.45) is 0 Å². The third kappa shape index (κ3) is 3.97. The van der Waals surface area contributed by atoms with E-state index in [2.05, 4.69) is 20.1 Å². The monoisotopic (exact) mass is 401 g/mol. The number of hydrogen-bond donors (Lipinski definition) is 2. The second-order valence-electron chi connectivity index (χ2n) is 7.10. The third-order valence-corrected chi connectivity index (χ3v) is 4.83. The highest BCUT2D eigenvalue weighted by atomic mass is 19.1. The average Bonchev–Trinajstić information content (AvgIpc) is 3.38. The number of aromatic nitrogens is 4. The van der Waals surface area contributed by atoms with Gasteiger partial charge in [0.05, 0.1) is 18.5 Å². The van der Waals surface area contributed by atoms with E-state index in [9.17, 15) is 5.11 Å². The maximum atomic E-state index is 15.2. The molecule has 0 amide bonds. The van der Waals surface area contributed by atoms with Crippen LogP contribution in [0.2, 0.25) is 0 Å². The van der Waals surface area contributed by atoms with Gasteiger partial charge in [0.15, 0.2) is 5.76 Å². The lowest BCUT2D eigenvalue weighted by atomic mass is 9.74.